The van der Waals surface area contributed by atoms with Crippen molar-refractivity contribution in [1.29, 1.82) is 0 Å². The Morgan fingerprint density at radius 3 is 2.89 bits per heavy atom. The maximum absolute atomic E-state index is 14.0. The zero-order valence-electron chi connectivity index (χ0n) is 15.7. The molecule has 2 aliphatic rings. The first kappa shape index (κ1) is 18.2. The second kappa shape index (κ2) is 7.44. The Labute approximate surface area is 159 Å². The molecule has 0 bridgehead atoms. The summed E-state index contributed by atoms with van der Waals surface area (Å²) in [6.45, 7) is 4.26. The van der Waals surface area contributed by atoms with Gasteiger partial charge in [-0.1, -0.05) is 12.1 Å². The van der Waals surface area contributed by atoms with Crippen LogP contribution in [0.25, 0.3) is 11.3 Å². The van der Waals surface area contributed by atoms with Crippen molar-refractivity contribution in [2.75, 3.05) is 33.2 Å². The lowest BCUT2D eigenvalue weighted by Crippen LogP contribution is -2.60. The molecule has 3 heterocycles. The van der Waals surface area contributed by atoms with Gasteiger partial charge >= 0.3 is 0 Å². The zero-order chi connectivity index (χ0) is 18.9. The second-order valence-corrected chi connectivity index (χ2v) is 7.70. The van der Waals surface area contributed by atoms with Crippen molar-refractivity contribution in [3.63, 3.8) is 0 Å². The molecule has 1 aromatic heterocycles. The third kappa shape index (κ3) is 3.77. The van der Waals surface area contributed by atoms with Crippen LogP contribution in [0.5, 0.6) is 0 Å². The fourth-order valence-electron chi connectivity index (χ4n) is 4.30. The van der Waals surface area contributed by atoms with Crippen LogP contribution in [0.1, 0.15) is 25.0 Å². The number of rotatable bonds is 3. The van der Waals surface area contributed by atoms with Crippen LogP contribution < -0.4 is 5.32 Å². The Kier molecular flexibility index (Phi) is 5.02. The number of hydrogen-bond acceptors (Lipinski definition) is 4. The van der Waals surface area contributed by atoms with Gasteiger partial charge in [-0.3, -0.25) is 14.6 Å². The standard InChI is InChI=1S/C21H26FN3O2/c1-24-12-13-25(15-21(24)9-8-20(26)23-11-10-21)14-16-6-7-19(27-16)17-4-2-3-5-18(17)22/h2-7H,8-15H2,1H3,(H,23,26)/t21-/m1/s1. The van der Waals surface area contributed by atoms with E-state index in [1.807, 2.05) is 18.2 Å². The van der Waals surface area contributed by atoms with Crippen LogP contribution in [-0.2, 0) is 11.3 Å². The molecule has 144 valence electrons. The van der Waals surface area contributed by atoms with Crippen LogP contribution in [0.4, 0.5) is 4.39 Å². The van der Waals surface area contributed by atoms with Gasteiger partial charge in [-0.25, -0.2) is 4.39 Å². The van der Waals surface area contributed by atoms with E-state index in [1.165, 1.54) is 6.07 Å². The van der Waals surface area contributed by atoms with Crippen LogP contribution in [-0.4, -0.2) is 54.5 Å². The summed E-state index contributed by atoms with van der Waals surface area (Å²) in [6.07, 6.45) is 2.42. The van der Waals surface area contributed by atoms with E-state index < -0.39 is 0 Å². The largest absolute Gasteiger partial charge is 0.460 e. The first-order chi connectivity index (χ1) is 13.1. The molecule has 1 N–H and O–H groups in total. The molecule has 2 aromatic rings. The lowest BCUT2D eigenvalue weighted by atomic mass is 9.86. The molecule has 2 fully saturated rings. The molecule has 0 unspecified atom stereocenters. The number of nitrogens with one attached hydrogen (secondary N) is 1. The van der Waals surface area contributed by atoms with Crippen molar-refractivity contribution in [2.45, 2.75) is 31.3 Å². The number of amides is 1. The van der Waals surface area contributed by atoms with Gasteiger partial charge in [0.25, 0.3) is 0 Å². The minimum absolute atomic E-state index is 0.0262. The van der Waals surface area contributed by atoms with Crippen molar-refractivity contribution < 1.29 is 13.6 Å². The van der Waals surface area contributed by atoms with Gasteiger partial charge in [0.1, 0.15) is 17.3 Å². The van der Waals surface area contributed by atoms with E-state index in [1.54, 1.807) is 12.1 Å². The van der Waals surface area contributed by atoms with E-state index in [2.05, 4.69) is 22.2 Å². The molecule has 2 saturated heterocycles. The minimum Gasteiger partial charge on any atom is -0.460 e. The fourth-order valence-corrected chi connectivity index (χ4v) is 4.30. The SMILES string of the molecule is CN1CCN(Cc2ccc(-c3ccccc3F)o2)C[C@@]12CCNC(=O)CC2. The molecular formula is C21H26FN3O2. The highest BCUT2D eigenvalue weighted by Crippen LogP contribution is 2.32. The quantitative estimate of drug-likeness (QED) is 0.901. The summed E-state index contributed by atoms with van der Waals surface area (Å²) in [5.74, 6) is 1.29. The van der Waals surface area contributed by atoms with Gasteiger partial charge in [-0.15, -0.1) is 0 Å². The van der Waals surface area contributed by atoms with Gasteiger partial charge in [0, 0.05) is 38.1 Å². The van der Waals surface area contributed by atoms with Crippen molar-refractivity contribution in [3.8, 4) is 11.3 Å². The smallest absolute Gasteiger partial charge is 0.220 e. The molecule has 0 saturated carbocycles. The summed E-state index contributed by atoms with van der Waals surface area (Å²) in [5.41, 5.74) is 0.519. The van der Waals surface area contributed by atoms with Gasteiger partial charge in [0.15, 0.2) is 0 Å². The molecule has 4 rings (SSSR count). The van der Waals surface area contributed by atoms with Gasteiger partial charge in [-0.2, -0.15) is 0 Å². The van der Waals surface area contributed by atoms with Crippen molar-refractivity contribution >= 4 is 5.91 Å². The van der Waals surface area contributed by atoms with E-state index in [4.69, 9.17) is 4.42 Å². The number of carbonyl (C=O) groups is 1. The topological polar surface area (TPSA) is 48.7 Å². The molecule has 2 aliphatic heterocycles. The number of furan rings is 1. The van der Waals surface area contributed by atoms with Gasteiger partial charge in [0.05, 0.1) is 12.1 Å². The lowest BCUT2D eigenvalue weighted by molar-refractivity contribution is -0.121. The highest BCUT2D eigenvalue weighted by Gasteiger charge is 2.40. The Hall–Kier alpha value is -2.18. The third-order valence-electron chi connectivity index (χ3n) is 5.99. The summed E-state index contributed by atoms with van der Waals surface area (Å²) in [4.78, 5) is 16.6. The molecule has 6 heteroatoms. The van der Waals surface area contributed by atoms with E-state index in [0.717, 1.165) is 44.8 Å². The highest BCUT2D eigenvalue weighted by atomic mass is 19.1. The molecular weight excluding hydrogens is 345 g/mol. The Balaban J connectivity index is 1.47. The van der Waals surface area contributed by atoms with Gasteiger partial charge in [0.2, 0.25) is 5.91 Å². The van der Waals surface area contributed by atoms with E-state index in [0.29, 0.717) is 24.3 Å². The van der Waals surface area contributed by atoms with Gasteiger partial charge in [-0.05, 0) is 44.2 Å². The summed E-state index contributed by atoms with van der Waals surface area (Å²) >= 11 is 0. The zero-order valence-corrected chi connectivity index (χ0v) is 15.7. The number of carbonyl (C=O) groups excluding carboxylic acids is 1. The normalized spacial score (nSPS) is 24.7. The number of benzene rings is 1. The summed E-state index contributed by atoms with van der Waals surface area (Å²) in [5, 5.41) is 2.99. The molecule has 1 aromatic carbocycles. The monoisotopic (exact) mass is 371 g/mol. The highest BCUT2D eigenvalue weighted by molar-refractivity contribution is 5.76. The molecule has 0 aliphatic carbocycles. The fraction of sp³-hybridized carbons (Fsp3) is 0.476. The number of nitrogens with zero attached hydrogens (tertiary/aromatic N) is 2. The minimum atomic E-state index is -0.271. The van der Waals surface area contributed by atoms with Crippen LogP contribution in [0, 0.1) is 5.82 Å². The third-order valence-corrected chi connectivity index (χ3v) is 5.99. The van der Waals surface area contributed by atoms with Gasteiger partial charge < -0.3 is 9.73 Å². The first-order valence-corrected chi connectivity index (χ1v) is 9.60. The molecule has 1 atom stereocenters. The van der Waals surface area contributed by atoms with Crippen LogP contribution in [0.15, 0.2) is 40.8 Å². The average Bonchev–Trinajstić information content (AvgIpc) is 3.03. The molecule has 1 spiro atoms. The van der Waals surface area contributed by atoms with Crippen molar-refractivity contribution in [2.24, 2.45) is 0 Å². The molecule has 1 amide bonds. The van der Waals surface area contributed by atoms with Crippen LogP contribution in [0.3, 0.4) is 0 Å². The molecule has 0 radical (unpaired) electrons. The predicted molar refractivity (Wildman–Crippen MR) is 102 cm³/mol. The summed E-state index contributed by atoms with van der Waals surface area (Å²) in [6, 6.07) is 10.4. The maximum atomic E-state index is 14.0. The van der Waals surface area contributed by atoms with E-state index in [-0.39, 0.29) is 17.3 Å². The lowest BCUT2D eigenvalue weighted by Gasteiger charge is -2.49. The Bertz CT molecular complexity index is 821. The van der Waals surface area contributed by atoms with Crippen molar-refractivity contribution in [1.82, 2.24) is 15.1 Å². The number of likely N-dealkylation sites (N-methyl/N-ethyl adjacent to an activating group) is 1. The van der Waals surface area contributed by atoms with E-state index in [9.17, 15) is 9.18 Å². The Morgan fingerprint density at radius 1 is 1.19 bits per heavy atom. The van der Waals surface area contributed by atoms with Crippen LogP contribution in [0.2, 0.25) is 0 Å². The Morgan fingerprint density at radius 2 is 2.04 bits per heavy atom. The number of hydrogen-bond donors (Lipinski definition) is 1. The average molecular weight is 371 g/mol. The predicted octanol–water partition coefficient (Wildman–Crippen LogP) is 2.87. The molecule has 27 heavy (non-hydrogen) atoms. The van der Waals surface area contributed by atoms with Crippen LogP contribution >= 0.6 is 0 Å². The molecule has 5 nitrogen and oxygen atoms in total. The maximum Gasteiger partial charge on any atom is 0.220 e. The summed E-state index contributed by atoms with van der Waals surface area (Å²) in [7, 11) is 2.16. The van der Waals surface area contributed by atoms with Crippen molar-refractivity contribution in [3.05, 3.63) is 48.0 Å². The number of piperazine rings is 1. The van der Waals surface area contributed by atoms with E-state index >= 15 is 0 Å². The first-order valence-electron chi connectivity index (χ1n) is 9.60. The summed E-state index contributed by atoms with van der Waals surface area (Å²) < 4.78 is 19.9. The second-order valence-electron chi connectivity index (χ2n) is 7.70. The number of halogens is 1.